The number of rotatable bonds is 2. The van der Waals surface area contributed by atoms with Crippen LogP contribution in [-0.2, 0) is 14.3 Å². The predicted octanol–water partition coefficient (Wildman–Crippen LogP) is 4.11. The van der Waals surface area contributed by atoms with Crippen molar-refractivity contribution in [3.8, 4) is 0 Å². The lowest BCUT2D eigenvalue weighted by molar-refractivity contribution is -0.127. The van der Waals surface area contributed by atoms with Gasteiger partial charge in [-0.1, -0.05) is 51.0 Å². The molecule has 1 aromatic carbocycles. The molecule has 4 fully saturated rings. The van der Waals surface area contributed by atoms with Crippen LogP contribution in [-0.4, -0.2) is 55.0 Å². The van der Waals surface area contributed by atoms with Crippen LogP contribution in [0.25, 0.3) is 0 Å². The highest BCUT2D eigenvalue weighted by Gasteiger charge is 2.48. The molecule has 6 rings (SSSR count). The summed E-state index contributed by atoms with van der Waals surface area (Å²) in [7, 11) is 0. The van der Waals surface area contributed by atoms with Crippen molar-refractivity contribution in [3.05, 3.63) is 23.8 Å². The highest BCUT2D eigenvalue weighted by molar-refractivity contribution is 6.05. The highest BCUT2D eigenvalue weighted by atomic mass is 16.5. The molecule has 3 unspecified atom stereocenters. The van der Waals surface area contributed by atoms with Crippen molar-refractivity contribution >= 4 is 23.2 Å². The van der Waals surface area contributed by atoms with Crippen LogP contribution in [0.15, 0.2) is 18.2 Å². The van der Waals surface area contributed by atoms with Gasteiger partial charge in [-0.2, -0.15) is 0 Å². The Morgan fingerprint density at radius 2 is 1.74 bits per heavy atom. The largest absolute Gasteiger partial charge is 0.368 e. The van der Waals surface area contributed by atoms with Crippen LogP contribution in [0.4, 0.5) is 11.4 Å². The van der Waals surface area contributed by atoms with Crippen LogP contribution in [0.3, 0.4) is 0 Å². The van der Waals surface area contributed by atoms with Gasteiger partial charge in [-0.15, -0.1) is 0 Å². The van der Waals surface area contributed by atoms with Crippen molar-refractivity contribution in [2.24, 2.45) is 5.41 Å². The second-order valence-electron chi connectivity index (χ2n) is 12.5. The Morgan fingerprint density at radius 3 is 2.44 bits per heavy atom. The Balaban J connectivity index is 1.40. The van der Waals surface area contributed by atoms with Gasteiger partial charge in [0.1, 0.15) is 6.10 Å². The van der Waals surface area contributed by atoms with Crippen molar-refractivity contribution in [2.45, 2.75) is 115 Å². The quantitative estimate of drug-likeness (QED) is 0.522. The van der Waals surface area contributed by atoms with Crippen LogP contribution in [0.2, 0.25) is 0 Å². The molecule has 1 saturated carbocycles. The molecule has 5 aliphatic rings. The van der Waals surface area contributed by atoms with Gasteiger partial charge in [0.25, 0.3) is 5.91 Å². The zero-order chi connectivity index (χ0) is 27.0. The van der Waals surface area contributed by atoms with E-state index in [2.05, 4.69) is 39.5 Å². The number of benzene rings is 1. The standard InChI is InChI=1S/C30H46N6O3/c1-21-19-34(29(38)26-11-10-16-39-26)25-17-23(12-13-24(25)36(21)22(2)37)28-30(18-27-32-31-20-35(27)33-28)14-8-6-4-3-5-7-9-15-30/h12-13,17,21,26-28,31-33H,3-11,14-16,18-20H2,1-2H3/t21-,26?,27?,28?/m0/s1. The van der Waals surface area contributed by atoms with Crippen molar-refractivity contribution in [2.75, 3.05) is 29.6 Å². The van der Waals surface area contributed by atoms with Gasteiger partial charge in [0.2, 0.25) is 5.91 Å². The lowest BCUT2D eigenvalue weighted by atomic mass is 9.66. The maximum atomic E-state index is 13.7. The Hall–Kier alpha value is -2.04. The minimum Gasteiger partial charge on any atom is -0.368 e. The van der Waals surface area contributed by atoms with Gasteiger partial charge in [0, 0.05) is 20.1 Å². The van der Waals surface area contributed by atoms with Crippen molar-refractivity contribution in [1.29, 1.82) is 0 Å². The van der Waals surface area contributed by atoms with E-state index in [4.69, 9.17) is 4.74 Å². The van der Waals surface area contributed by atoms with Crippen molar-refractivity contribution in [3.63, 3.8) is 0 Å². The molecule has 1 aromatic rings. The van der Waals surface area contributed by atoms with E-state index in [0.717, 1.165) is 37.3 Å². The molecule has 9 heteroatoms. The first-order chi connectivity index (χ1) is 19.0. The van der Waals surface area contributed by atoms with Gasteiger partial charge in [-0.25, -0.2) is 21.3 Å². The molecular weight excluding hydrogens is 492 g/mol. The summed E-state index contributed by atoms with van der Waals surface area (Å²) in [4.78, 5) is 30.2. The third kappa shape index (κ3) is 5.24. The first kappa shape index (κ1) is 27.1. The first-order valence-corrected chi connectivity index (χ1v) is 15.3. The summed E-state index contributed by atoms with van der Waals surface area (Å²) < 4.78 is 5.82. The van der Waals surface area contributed by atoms with Gasteiger partial charge >= 0.3 is 0 Å². The van der Waals surface area contributed by atoms with Crippen LogP contribution >= 0.6 is 0 Å². The molecule has 9 nitrogen and oxygen atoms in total. The Morgan fingerprint density at radius 1 is 1.00 bits per heavy atom. The zero-order valence-corrected chi connectivity index (χ0v) is 23.7. The Bertz CT molecular complexity index is 1050. The van der Waals surface area contributed by atoms with Crippen LogP contribution in [0.5, 0.6) is 0 Å². The fourth-order valence-corrected chi connectivity index (χ4v) is 7.88. The molecule has 39 heavy (non-hydrogen) atoms. The molecule has 0 aromatic heterocycles. The van der Waals surface area contributed by atoms with E-state index in [9.17, 15) is 9.59 Å². The third-order valence-corrected chi connectivity index (χ3v) is 9.83. The molecule has 4 atom stereocenters. The highest BCUT2D eigenvalue weighted by Crippen LogP contribution is 2.51. The van der Waals surface area contributed by atoms with Gasteiger partial charge in [-0.3, -0.25) is 9.59 Å². The summed E-state index contributed by atoms with van der Waals surface area (Å²) in [6.45, 7) is 5.53. The lowest BCUT2D eigenvalue weighted by Crippen LogP contribution is -2.59. The van der Waals surface area contributed by atoms with Gasteiger partial charge in [0.05, 0.1) is 36.3 Å². The number of ether oxygens (including phenoxy) is 1. The SMILES string of the molecule is CC(=O)N1c2ccc(C3NN4CNNC4CC34CCCCCCCCC4)cc2N(C(=O)C2CCCO2)C[C@@H]1C. The summed E-state index contributed by atoms with van der Waals surface area (Å²) in [5.41, 5.74) is 13.8. The summed E-state index contributed by atoms with van der Waals surface area (Å²) >= 11 is 0. The minimum atomic E-state index is -0.391. The maximum absolute atomic E-state index is 13.7. The van der Waals surface area contributed by atoms with Crippen LogP contribution in [0, 0.1) is 5.41 Å². The van der Waals surface area contributed by atoms with Crippen LogP contribution in [0.1, 0.15) is 103 Å². The molecule has 1 aliphatic carbocycles. The molecule has 1 spiro atoms. The number of nitrogens with zero attached hydrogens (tertiary/aromatic N) is 3. The molecule has 4 heterocycles. The molecule has 2 amide bonds. The number of hydrogen-bond acceptors (Lipinski definition) is 7. The van der Waals surface area contributed by atoms with Gasteiger partial charge in [-0.05, 0) is 62.1 Å². The fraction of sp³-hybridized carbons (Fsp3) is 0.733. The van der Waals surface area contributed by atoms with E-state index in [1.807, 2.05) is 16.7 Å². The number of carbonyl (C=O) groups is 2. The Labute approximate surface area is 232 Å². The van der Waals surface area contributed by atoms with E-state index in [-0.39, 0.29) is 35.5 Å². The summed E-state index contributed by atoms with van der Waals surface area (Å²) in [6, 6.07) is 6.55. The number of fused-ring (bicyclic) bond motifs is 2. The van der Waals surface area contributed by atoms with Gasteiger partial charge in [0.15, 0.2) is 0 Å². The van der Waals surface area contributed by atoms with E-state index in [1.54, 1.807) is 6.92 Å². The topological polar surface area (TPSA) is 89.2 Å². The molecule has 0 bridgehead atoms. The maximum Gasteiger partial charge on any atom is 0.256 e. The summed E-state index contributed by atoms with van der Waals surface area (Å²) in [6.07, 6.45) is 14.2. The number of hydrogen-bond donors (Lipinski definition) is 3. The molecule has 0 radical (unpaired) electrons. The number of carbonyl (C=O) groups excluding carboxylic acids is 2. The fourth-order valence-electron chi connectivity index (χ4n) is 7.88. The van der Waals surface area contributed by atoms with E-state index in [0.29, 0.717) is 13.2 Å². The number of anilines is 2. The van der Waals surface area contributed by atoms with Crippen LogP contribution < -0.4 is 26.1 Å². The molecule has 214 valence electrons. The number of amides is 2. The first-order valence-electron chi connectivity index (χ1n) is 15.3. The van der Waals surface area contributed by atoms with Gasteiger partial charge < -0.3 is 14.5 Å². The molecule has 3 saturated heterocycles. The second kappa shape index (κ2) is 11.4. The molecule has 4 aliphatic heterocycles. The molecule has 3 N–H and O–H groups in total. The predicted molar refractivity (Wildman–Crippen MR) is 152 cm³/mol. The number of nitrogens with one attached hydrogen (secondary N) is 3. The average molecular weight is 539 g/mol. The Kier molecular flexibility index (Phi) is 7.97. The number of hydrazine groups is 2. The minimum absolute atomic E-state index is 0.0115. The van der Waals surface area contributed by atoms with Crippen molar-refractivity contribution < 1.29 is 14.3 Å². The monoisotopic (exact) mass is 538 g/mol. The zero-order valence-electron chi connectivity index (χ0n) is 23.7. The van der Waals surface area contributed by atoms with E-state index >= 15 is 0 Å². The normalized spacial score (nSPS) is 31.6. The average Bonchev–Trinajstić information content (AvgIpc) is 3.63. The lowest BCUT2D eigenvalue weighted by Gasteiger charge is -2.51. The van der Waals surface area contributed by atoms with E-state index in [1.165, 1.54) is 63.4 Å². The summed E-state index contributed by atoms with van der Waals surface area (Å²) in [5.74, 6) is 0.0383. The summed E-state index contributed by atoms with van der Waals surface area (Å²) in [5, 5.41) is 2.30. The third-order valence-electron chi connectivity index (χ3n) is 9.83. The molecular formula is C30H46N6O3. The second-order valence-corrected chi connectivity index (χ2v) is 12.5. The smallest absolute Gasteiger partial charge is 0.256 e. The van der Waals surface area contributed by atoms with Crippen molar-refractivity contribution in [1.82, 2.24) is 21.3 Å². The van der Waals surface area contributed by atoms with E-state index < -0.39 is 6.10 Å².